The van der Waals surface area contributed by atoms with E-state index < -0.39 is 0 Å². The molecule has 3 nitrogen and oxygen atoms in total. The van der Waals surface area contributed by atoms with Gasteiger partial charge in [-0.05, 0) is 19.4 Å². The minimum atomic E-state index is 0. The maximum absolute atomic E-state index is 4.55. The van der Waals surface area contributed by atoms with Crippen LogP contribution in [0, 0.1) is 0 Å². The van der Waals surface area contributed by atoms with Gasteiger partial charge in [-0.15, -0.1) is 24.0 Å². The van der Waals surface area contributed by atoms with Gasteiger partial charge in [-0.1, -0.05) is 30.3 Å². The second-order valence-corrected chi connectivity index (χ2v) is 4.48. The van der Waals surface area contributed by atoms with Gasteiger partial charge < -0.3 is 10.2 Å². The third kappa shape index (κ3) is 3.34. The van der Waals surface area contributed by atoms with E-state index in [9.17, 15) is 0 Å². The van der Waals surface area contributed by atoms with Crippen LogP contribution in [0.5, 0.6) is 0 Å². The van der Waals surface area contributed by atoms with Crippen LogP contribution in [0.3, 0.4) is 0 Å². The average Bonchev–Trinajstić information content (AvgIpc) is 2.78. The van der Waals surface area contributed by atoms with Crippen LogP contribution in [0.15, 0.2) is 35.3 Å². The van der Waals surface area contributed by atoms with Crippen molar-refractivity contribution in [1.29, 1.82) is 0 Å². The summed E-state index contributed by atoms with van der Waals surface area (Å²) in [5.41, 5.74) is 1.30. The Morgan fingerprint density at radius 3 is 2.53 bits per heavy atom. The number of hydrogen-bond donors (Lipinski definition) is 1. The van der Waals surface area contributed by atoms with Crippen LogP contribution in [0.2, 0.25) is 0 Å². The van der Waals surface area contributed by atoms with Crippen LogP contribution in [0.25, 0.3) is 0 Å². The van der Waals surface area contributed by atoms with Crippen molar-refractivity contribution < 1.29 is 0 Å². The molecule has 1 aliphatic heterocycles. The fourth-order valence-electron chi connectivity index (χ4n) is 1.76. The van der Waals surface area contributed by atoms with E-state index in [0.29, 0.717) is 12.1 Å². The van der Waals surface area contributed by atoms with Crippen LogP contribution >= 0.6 is 24.0 Å². The molecule has 94 valence electrons. The van der Waals surface area contributed by atoms with Crippen molar-refractivity contribution in [1.82, 2.24) is 10.2 Å². The summed E-state index contributed by atoms with van der Waals surface area (Å²) in [5, 5.41) is 3.46. The fraction of sp³-hybridized carbons (Fsp3) is 0.462. The van der Waals surface area contributed by atoms with Crippen LogP contribution in [0.1, 0.15) is 25.5 Å². The molecule has 4 heteroatoms. The van der Waals surface area contributed by atoms with Crippen molar-refractivity contribution >= 4 is 29.9 Å². The molecule has 1 aromatic rings. The summed E-state index contributed by atoms with van der Waals surface area (Å²) in [6, 6.07) is 11.3. The van der Waals surface area contributed by atoms with Crippen molar-refractivity contribution in [2.45, 2.75) is 25.9 Å². The Kier molecular flexibility index (Phi) is 5.24. The average molecular weight is 345 g/mol. The topological polar surface area (TPSA) is 27.6 Å². The van der Waals surface area contributed by atoms with Crippen molar-refractivity contribution in [2.24, 2.45) is 4.99 Å². The van der Waals surface area contributed by atoms with Gasteiger partial charge in [0.25, 0.3) is 0 Å². The predicted octanol–water partition coefficient (Wildman–Crippen LogP) is 2.65. The fourth-order valence-corrected chi connectivity index (χ4v) is 1.76. The number of nitrogens with zero attached hydrogens (tertiary/aromatic N) is 2. The lowest BCUT2D eigenvalue weighted by Crippen LogP contribution is -2.40. The molecule has 1 heterocycles. The molecule has 1 N–H and O–H groups in total. The Labute approximate surface area is 120 Å². The lowest BCUT2D eigenvalue weighted by Gasteiger charge is -2.24. The number of rotatable bonds is 2. The number of nitrogens with one attached hydrogen (secondary N) is 1. The summed E-state index contributed by atoms with van der Waals surface area (Å²) in [5.74, 6) is 1.00. The highest BCUT2D eigenvalue weighted by molar-refractivity contribution is 14.0. The van der Waals surface area contributed by atoms with Gasteiger partial charge in [0.1, 0.15) is 0 Å². The summed E-state index contributed by atoms with van der Waals surface area (Å²) in [7, 11) is 2.07. The van der Waals surface area contributed by atoms with Gasteiger partial charge in [0.05, 0.1) is 12.6 Å². The van der Waals surface area contributed by atoms with Gasteiger partial charge in [-0.3, -0.25) is 4.99 Å². The lowest BCUT2D eigenvalue weighted by molar-refractivity contribution is 0.404. The number of guanidine groups is 1. The van der Waals surface area contributed by atoms with Crippen molar-refractivity contribution in [3.05, 3.63) is 35.9 Å². The monoisotopic (exact) mass is 345 g/mol. The van der Waals surface area contributed by atoms with E-state index in [4.69, 9.17) is 0 Å². The van der Waals surface area contributed by atoms with E-state index in [0.717, 1.165) is 12.5 Å². The summed E-state index contributed by atoms with van der Waals surface area (Å²) in [6.45, 7) is 5.16. The van der Waals surface area contributed by atoms with Gasteiger partial charge >= 0.3 is 0 Å². The Hall–Kier alpha value is -0.780. The minimum absolute atomic E-state index is 0. The van der Waals surface area contributed by atoms with Crippen LogP contribution < -0.4 is 5.32 Å². The largest absolute Gasteiger partial charge is 0.348 e. The summed E-state index contributed by atoms with van der Waals surface area (Å²) in [4.78, 5) is 6.72. The molecular formula is C13H20IN3. The number of aliphatic imine (C=N–C) groups is 1. The van der Waals surface area contributed by atoms with E-state index in [2.05, 4.69) is 60.4 Å². The molecule has 1 unspecified atom stereocenters. The predicted molar refractivity (Wildman–Crippen MR) is 82.9 cm³/mol. The summed E-state index contributed by atoms with van der Waals surface area (Å²) in [6.07, 6.45) is 0. The molecule has 1 aliphatic rings. The zero-order chi connectivity index (χ0) is 11.5. The Bertz CT molecular complexity index is 376. The van der Waals surface area contributed by atoms with Gasteiger partial charge in [0.15, 0.2) is 5.96 Å². The lowest BCUT2D eigenvalue weighted by atomic mass is 10.1. The molecule has 1 atom stereocenters. The minimum Gasteiger partial charge on any atom is -0.348 e. The smallest absolute Gasteiger partial charge is 0.194 e. The van der Waals surface area contributed by atoms with E-state index in [1.165, 1.54) is 5.56 Å². The second-order valence-electron chi connectivity index (χ2n) is 4.48. The SMILES string of the molecule is CC(C)N(C)C1=NCC(c2ccccc2)N1.I. The van der Waals surface area contributed by atoms with Crippen LogP contribution in [0.4, 0.5) is 0 Å². The first-order chi connectivity index (χ1) is 7.68. The molecule has 2 rings (SSSR count). The van der Waals surface area contributed by atoms with Crippen LogP contribution in [-0.2, 0) is 0 Å². The Morgan fingerprint density at radius 1 is 1.29 bits per heavy atom. The summed E-state index contributed by atoms with van der Waals surface area (Å²) < 4.78 is 0. The van der Waals surface area contributed by atoms with Crippen molar-refractivity contribution in [3.63, 3.8) is 0 Å². The summed E-state index contributed by atoms with van der Waals surface area (Å²) >= 11 is 0. The van der Waals surface area contributed by atoms with E-state index in [1.54, 1.807) is 0 Å². The maximum atomic E-state index is 4.55. The highest BCUT2D eigenvalue weighted by Crippen LogP contribution is 2.17. The number of halogens is 1. The van der Waals surface area contributed by atoms with E-state index in [-0.39, 0.29) is 24.0 Å². The number of benzene rings is 1. The standard InChI is InChI=1S/C13H19N3.HI/c1-10(2)16(3)13-14-9-12(15-13)11-7-5-4-6-8-11;/h4-8,10,12H,9H2,1-3H3,(H,14,15);1H. The van der Waals surface area contributed by atoms with Gasteiger partial charge in [0.2, 0.25) is 0 Å². The van der Waals surface area contributed by atoms with Crippen LogP contribution in [-0.4, -0.2) is 30.5 Å². The molecule has 0 aliphatic carbocycles. The molecule has 0 bridgehead atoms. The zero-order valence-electron chi connectivity index (χ0n) is 10.6. The first kappa shape index (κ1) is 14.3. The first-order valence-corrected chi connectivity index (χ1v) is 5.77. The molecule has 17 heavy (non-hydrogen) atoms. The normalized spacial score (nSPS) is 18.4. The Balaban J connectivity index is 0.00000144. The molecule has 0 fully saturated rings. The van der Waals surface area contributed by atoms with Gasteiger partial charge in [0, 0.05) is 13.1 Å². The molecule has 0 radical (unpaired) electrons. The van der Waals surface area contributed by atoms with Crippen molar-refractivity contribution in [3.8, 4) is 0 Å². The van der Waals surface area contributed by atoms with E-state index in [1.807, 2.05) is 6.07 Å². The second kappa shape index (κ2) is 6.23. The van der Waals surface area contributed by atoms with Gasteiger partial charge in [-0.25, -0.2) is 0 Å². The third-order valence-corrected chi connectivity index (χ3v) is 3.04. The molecular weight excluding hydrogens is 325 g/mol. The Morgan fingerprint density at radius 2 is 1.94 bits per heavy atom. The molecule has 0 aromatic heterocycles. The first-order valence-electron chi connectivity index (χ1n) is 5.77. The highest BCUT2D eigenvalue weighted by atomic mass is 127. The molecule has 0 saturated heterocycles. The molecule has 1 aromatic carbocycles. The number of hydrogen-bond acceptors (Lipinski definition) is 3. The maximum Gasteiger partial charge on any atom is 0.194 e. The van der Waals surface area contributed by atoms with E-state index >= 15 is 0 Å². The third-order valence-electron chi connectivity index (χ3n) is 3.04. The quantitative estimate of drug-likeness (QED) is 0.835. The molecule has 0 saturated carbocycles. The zero-order valence-corrected chi connectivity index (χ0v) is 12.9. The van der Waals surface area contributed by atoms with Gasteiger partial charge in [-0.2, -0.15) is 0 Å². The highest BCUT2D eigenvalue weighted by Gasteiger charge is 2.22. The molecule has 0 spiro atoms. The molecule has 0 amide bonds. The van der Waals surface area contributed by atoms with Crippen molar-refractivity contribution in [2.75, 3.05) is 13.6 Å².